The number of amides is 1. The van der Waals surface area contributed by atoms with Crippen LogP contribution in [0.15, 0.2) is 61.1 Å². The van der Waals surface area contributed by atoms with Gasteiger partial charge in [0.15, 0.2) is 5.82 Å². The molecule has 1 amide bonds. The van der Waals surface area contributed by atoms with Crippen molar-refractivity contribution < 1.29 is 4.79 Å². The topological polar surface area (TPSA) is 59.0 Å². The summed E-state index contributed by atoms with van der Waals surface area (Å²) in [5.74, 6) is 0.425. The summed E-state index contributed by atoms with van der Waals surface area (Å²) < 4.78 is 0. The first kappa shape index (κ1) is 14.8. The van der Waals surface area contributed by atoms with Crippen molar-refractivity contribution in [3.63, 3.8) is 0 Å². The molecule has 5 heteroatoms. The fourth-order valence-electron chi connectivity index (χ4n) is 2.23. The van der Waals surface area contributed by atoms with E-state index in [-0.39, 0.29) is 5.91 Å². The lowest BCUT2D eigenvalue weighted by atomic mass is 10.1. The van der Waals surface area contributed by atoms with E-state index >= 15 is 0 Å². The normalized spacial score (nSPS) is 10.3. The number of aromatic nitrogens is 3. The van der Waals surface area contributed by atoms with E-state index < -0.39 is 0 Å². The summed E-state index contributed by atoms with van der Waals surface area (Å²) in [6.45, 7) is 0. The Labute approximate surface area is 134 Å². The maximum absolute atomic E-state index is 12.4. The van der Waals surface area contributed by atoms with E-state index in [1.54, 1.807) is 32.7 Å². The van der Waals surface area contributed by atoms with Crippen LogP contribution in [0.4, 0.5) is 0 Å². The van der Waals surface area contributed by atoms with E-state index in [2.05, 4.69) is 15.0 Å². The molecule has 0 unspecified atom stereocenters. The van der Waals surface area contributed by atoms with Crippen molar-refractivity contribution in [1.82, 2.24) is 19.9 Å². The van der Waals surface area contributed by atoms with Crippen LogP contribution >= 0.6 is 0 Å². The first-order valence-corrected chi connectivity index (χ1v) is 7.21. The fourth-order valence-corrected chi connectivity index (χ4v) is 2.23. The van der Waals surface area contributed by atoms with Gasteiger partial charge in [0.1, 0.15) is 0 Å². The minimum Gasteiger partial charge on any atom is -0.345 e. The van der Waals surface area contributed by atoms with Crippen LogP contribution in [0.25, 0.3) is 22.6 Å². The van der Waals surface area contributed by atoms with Gasteiger partial charge in [-0.15, -0.1) is 0 Å². The van der Waals surface area contributed by atoms with Crippen LogP contribution in [0, 0.1) is 0 Å². The third-order valence-electron chi connectivity index (χ3n) is 3.39. The Morgan fingerprint density at radius 3 is 2.35 bits per heavy atom. The van der Waals surface area contributed by atoms with Crippen molar-refractivity contribution in [1.29, 1.82) is 0 Å². The van der Waals surface area contributed by atoms with Gasteiger partial charge >= 0.3 is 0 Å². The highest BCUT2D eigenvalue weighted by Crippen LogP contribution is 2.24. The van der Waals surface area contributed by atoms with Crippen molar-refractivity contribution in [2.75, 3.05) is 14.1 Å². The van der Waals surface area contributed by atoms with Crippen LogP contribution in [0.1, 0.15) is 10.4 Å². The van der Waals surface area contributed by atoms with E-state index in [1.165, 1.54) is 4.90 Å². The Hall–Kier alpha value is -3.08. The van der Waals surface area contributed by atoms with E-state index in [9.17, 15) is 4.79 Å². The standard InChI is InChI=1S/C18H16N4O/c1-22(2)18(23)15-12-20-17(14-9-6-10-19-11-14)21-16(15)13-7-4-3-5-8-13/h3-12H,1-2H3. The summed E-state index contributed by atoms with van der Waals surface area (Å²) in [4.78, 5) is 27.0. The summed E-state index contributed by atoms with van der Waals surface area (Å²) in [6.07, 6.45) is 4.99. The molecule has 0 bridgehead atoms. The Bertz CT molecular complexity index is 817. The Balaban J connectivity index is 2.17. The smallest absolute Gasteiger partial charge is 0.257 e. The summed E-state index contributed by atoms with van der Waals surface area (Å²) in [6, 6.07) is 13.4. The molecule has 0 aliphatic carbocycles. The van der Waals surface area contributed by atoms with Gasteiger partial charge in [-0.1, -0.05) is 30.3 Å². The second-order valence-corrected chi connectivity index (χ2v) is 5.26. The van der Waals surface area contributed by atoms with Crippen molar-refractivity contribution in [2.45, 2.75) is 0 Å². The van der Waals surface area contributed by atoms with E-state index in [0.717, 1.165) is 11.1 Å². The van der Waals surface area contributed by atoms with Gasteiger partial charge in [-0.25, -0.2) is 9.97 Å². The van der Waals surface area contributed by atoms with Crippen LogP contribution in [-0.4, -0.2) is 39.9 Å². The molecule has 0 aliphatic rings. The number of rotatable bonds is 3. The Morgan fingerprint density at radius 1 is 0.957 bits per heavy atom. The quantitative estimate of drug-likeness (QED) is 0.746. The third-order valence-corrected chi connectivity index (χ3v) is 3.39. The van der Waals surface area contributed by atoms with Crippen molar-refractivity contribution in [3.8, 4) is 22.6 Å². The van der Waals surface area contributed by atoms with Crippen LogP contribution in [0.3, 0.4) is 0 Å². The molecule has 0 saturated carbocycles. The Kier molecular flexibility index (Phi) is 4.10. The highest BCUT2D eigenvalue weighted by atomic mass is 16.2. The van der Waals surface area contributed by atoms with Crippen molar-refractivity contribution in [3.05, 3.63) is 66.6 Å². The number of hydrogen-bond donors (Lipinski definition) is 0. The first-order chi connectivity index (χ1) is 11.2. The lowest BCUT2D eigenvalue weighted by molar-refractivity contribution is 0.0827. The average Bonchev–Trinajstić information content (AvgIpc) is 2.62. The molecule has 0 fully saturated rings. The molecule has 0 saturated heterocycles. The molecule has 3 rings (SSSR count). The highest BCUT2D eigenvalue weighted by molar-refractivity contribution is 5.99. The number of carbonyl (C=O) groups is 1. The zero-order chi connectivity index (χ0) is 16.2. The number of pyridine rings is 1. The van der Waals surface area contributed by atoms with Crippen LogP contribution in [0.5, 0.6) is 0 Å². The van der Waals surface area contributed by atoms with Crippen LogP contribution in [0.2, 0.25) is 0 Å². The summed E-state index contributed by atoms with van der Waals surface area (Å²) >= 11 is 0. The molecule has 3 aromatic rings. The first-order valence-electron chi connectivity index (χ1n) is 7.21. The molecule has 2 aromatic heterocycles. The minimum absolute atomic E-state index is 0.124. The zero-order valence-electron chi connectivity index (χ0n) is 13.0. The molecule has 114 valence electrons. The molecule has 1 aromatic carbocycles. The van der Waals surface area contributed by atoms with Gasteiger partial charge in [0.05, 0.1) is 11.3 Å². The molecule has 0 spiro atoms. The molecule has 2 heterocycles. The second-order valence-electron chi connectivity index (χ2n) is 5.26. The molecule has 0 atom stereocenters. The van der Waals surface area contributed by atoms with E-state index in [0.29, 0.717) is 17.1 Å². The fraction of sp³-hybridized carbons (Fsp3) is 0.111. The molecular formula is C18H16N4O. The highest BCUT2D eigenvalue weighted by Gasteiger charge is 2.18. The molecule has 0 radical (unpaired) electrons. The minimum atomic E-state index is -0.124. The molecule has 23 heavy (non-hydrogen) atoms. The lowest BCUT2D eigenvalue weighted by Crippen LogP contribution is -2.23. The zero-order valence-corrected chi connectivity index (χ0v) is 13.0. The van der Waals surface area contributed by atoms with Gasteiger partial charge in [-0.2, -0.15) is 0 Å². The van der Waals surface area contributed by atoms with Gasteiger partial charge in [-0.05, 0) is 12.1 Å². The van der Waals surface area contributed by atoms with Gasteiger partial charge in [0.2, 0.25) is 0 Å². The summed E-state index contributed by atoms with van der Waals surface area (Å²) in [5, 5.41) is 0. The predicted octanol–water partition coefficient (Wildman–Crippen LogP) is 2.91. The van der Waals surface area contributed by atoms with Crippen molar-refractivity contribution in [2.24, 2.45) is 0 Å². The molecule has 0 N–H and O–H groups in total. The maximum atomic E-state index is 12.4. The monoisotopic (exact) mass is 304 g/mol. The SMILES string of the molecule is CN(C)C(=O)c1cnc(-c2cccnc2)nc1-c1ccccc1. The largest absolute Gasteiger partial charge is 0.345 e. The van der Waals surface area contributed by atoms with Crippen LogP contribution < -0.4 is 0 Å². The number of nitrogens with zero attached hydrogens (tertiary/aromatic N) is 4. The predicted molar refractivity (Wildman–Crippen MR) is 88.7 cm³/mol. The third kappa shape index (κ3) is 3.08. The van der Waals surface area contributed by atoms with Gasteiger partial charge in [-0.3, -0.25) is 9.78 Å². The van der Waals surface area contributed by atoms with Crippen molar-refractivity contribution >= 4 is 5.91 Å². The van der Waals surface area contributed by atoms with Gasteiger partial charge in [0.25, 0.3) is 5.91 Å². The van der Waals surface area contributed by atoms with Crippen LogP contribution in [-0.2, 0) is 0 Å². The second kappa shape index (κ2) is 6.36. The van der Waals surface area contributed by atoms with E-state index in [1.807, 2.05) is 42.5 Å². The van der Waals surface area contributed by atoms with Gasteiger partial charge < -0.3 is 4.90 Å². The number of hydrogen-bond acceptors (Lipinski definition) is 4. The number of benzene rings is 1. The average molecular weight is 304 g/mol. The maximum Gasteiger partial charge on any atom is 0.257 e. The van der Waals surface area contributed by atoms with Gasteiger partial charge in [0, 0.05) is 43.8 Å². The molecule has 5 nitrogen and oxygen atoms in total. The Morgan fingerprint density at radius 2 is 1.70 bits per heavy atom. The summed E-state index contributed by atoms with van der Waals surface area (Å²) in [5.41, 5.74) is 2.80. The lowest BCUT2D eigenvalue weighted by Gasteiger charge is -2.14. The number of carbonyl (C=O) groups excluding carboxylic acids is 1. The summed E-state index contributed by atoms with van der Waals surface area (Å²) in [7, 11) is 3.43. The molecular weight excluding hydrogens is 288 g/mol. The molecule has 0 aliphatic heterocycles. The van der Waals surface area contributed by atoms with E-state index in [4.69, 9.17) is 0 Å².